The van der Waals surface area contributed by atoms with Crippen LogP contribution in [-0.2, 0) is 21.4 Å². The average molecular weight is 599 g/mol. The summed E-state index contributed by atoms with van der Waals surface area (Å²) in [5, 5.41) is 14.1. The normalized spacial score (nSPS) is 11.3. The second kappa shape index (κ2) is 12.9. The van der Waals surface area contributed by atoms with Crippen LogP contribution in [-0.4, -0.2) is 66.3 Å². The molecule has 4 aromatic rings. The fourth-order valence-corrected chi connectivity index (χ4v) is 5.36. The fraction of sp³-hybridized carbons (Fsp3) is 0.185. The molecule has 2 N–H and O–H groups in total. The lowest BCUT2D eigenvalue weighted by atomic mass is 10.2. The van der Waals surface area contributed by atoms with Crippen LogP contribution in [0.25, 0.3) is 5.69 Å². The minimum atomic E-state index is -3.63. The zero-order valence-electron chi connectivity index (χ0n) is 22.4. The predicted molar refractivity (Wildman–Crippen MR) is 152 cm³/mol. The maximum atomic E-state index is 13.9. The van der Waals surface area contributed by atoms with E-state index in [2.05, 4.69) is 20.8 Å². The number of nitrogens with zero attached hydrogens (tertiary/aromatic N) is 4. The highest BCUT2D eigenvalue weighted by atomic mass is 32.2. The molecule has 0 radical (unpaired) electrons. The topological polar surface area (TPSA) is 136 Å². The fourth-order valence-electron chi connectivity index (χ4n) is 3.69. The molecule has 0 saturated heterocycles. The predicted octanol–water partition coefficient (Wildman–Crippen LogP) is 3.33. The van der Waals surface area contributed by atoms with Crippen molar-refractivity contribution in [2.45, 2.75) is 16.6 Å². The molecule has 0 fully saturated rings. The second-order valence-electron chi connectivity index (χ2n) is 8.72. The Bertz CT molecular complexity index is 1660. The molecule has 0 spiro atoms. The zero-order valence-corrected chi connectivity index (χ0v) is 24.0. The Hall–Kier alpha value is -4.27. The maximum absolute atomic E-state index is 13.9. The number of benzene rings is 3. The van der Waals surface area contributed by atoms with Gasteiger partial charge < -0.3 is 15.4 Å². The van der Waals surface area contributed by atoms with Gasteiger partial charge in [-0.2, -0.15) is 0 Å². The number of aromatic nitrogens is 3. The second-order valence-corrected chi connectivity index (χ2v) is 11.8. The number of ether oxygens (including phenoxy) is 1. The molecule has 41 heavy (non-hydrogen) atoms. The number of amides is 2. The van der Waals surface area contributed by atoms with Crippen molar-refractivity contribution in [1.82, 2.24) is 24.4 Å². The first-order valence-electron chi connectivity index (χ1n) is 12.2. The Morgan fingerprint density at radius 1 is 1.00 bits per heavy atom. The van der Waals surface area contributed by atoms with E-state index in [0.717, 1.165) is 16.1 Å². The van der Waals surface area contributed by atoms with Gasteiger partial charge in [-0.05, 0) is 48.5 Å². The number of para-hydroxylation sites is 3. The van der Waals surface area contributed by atoms with E-state index in [-0.39, 0.29) is 28.4 Å². The molecule has 0 aliphatic carbocycles. The molecule has 1 aromatic heterocycles. The van der Waals surface area contributed by atoms with E-state index in [1.54, 1.807) is 34.9 Å². The average Bonchev–Trinajstić information content (AvgIpc) is 3.38. The van der Waals surface area contributed by atoms with Crippen molar-refractivity contribution in [3.8, 4) is 11.4 Å². The molecule has 0 bridgehead atoms. The van der Waals surface area contributed by atoms with E-state index in [1.165, 1.54) is 63.7 Å². The number of carbonyl (C=O) groups excluding carboxylic acids is 2. The summed E-state index contributed by atoms with van der Waals surface area (Å²) in [6.45, 7) is -0.0381. The Morgan fingerprint density at radius 3 is 2.37 bits per heavy atom. The number of anilines is 1. The van der Waals surface area contributed by atoms with Crippen molar-refractivity contribution in [3.05, 3.63) is 90.0 Å². The third-order valence-corrected chi connectivity index (χ3v) is 8.57. The number of carbonyl (C=O) groups is 2. The Labute approximate surface area is 240 Å². The monoisotopic (exact) mass is 598 g/mol. The van der Waals surface area contributed by atoms with Crippen molar-refractivity contribution in [3.63, 3.8) is 0 Å². The molecule has 11 nitrogen and oxygen atoms in total. The molecule has 2 amide bonds. The van der Waals surface area contributed by atoms with Crippen LogP contribution in [0, 0.1) is 5.82 Å². The molecule has 0 aliphatic heterocycles. The van der Waals surface area contributed by atoms with Crippen LogP contribution < -0.4 is 15.4 Å². The third kappa shape index (κ3) is 6.90. The summed E-state index contributed by atoms with van der Waals surface area (Å²) < 4.78 is 46.8. The number of halogens is 1. The van der Waals surface area contributed by atoms with Crippen molar-refractivity contribution < 1.29 is 27.1 Å². The standard InChI is InChI=1S/C27H27FN6O5S2/c1-33(2)41(37,38)19-14-12-18(13-15-19)26(36)29-16-24-31-32-27(34(24)22-10-6-7-11-23(22)39-3)40-17-25(35)30-21-9-5-4-8-20(21)28/h4-15H,16-17H2,1-3H3,(H,29,36)(H,30,35). The zero-order chi connectivity index (χ0) is 29.6. The van der Waals surface area contributed by atoms with E-state index in [1.807, 2.05) is 0 Å². The van der Waals surface area contributed by atoms with Gasteiger partial charge in [-0.1, -0.05) is 36.0 Å². The van der Waals surface area contributed by atoms with Crippen LogP contribution in [0.1, 0.15) is 16.2 Å². The SMILES string of the molecule is COc1ccccc1-n1c(CNC(=O)c2ccc(S(=O)(=O)N(C)C)cc2)nnc1SCC(=O)Nc1ccccc1F. The number of thioether (sulfide) groups is 1. The first-order chi connectivity index (χ1) is 19.6. The Morgan fingerprint density at radius 2 is 1.68 bits per heavy atom. The lowest BCUT2D eigenvalue weighted by Gasteiger charge is -2.14. The summed E-state index contributed by atoms with van der Waals surface area (Å²) in [7, 11) is 0.739. The molecule has 14 heteroatoms. The first-order valence-corrected chi connectivity index (χ1v) is 14.6. The summed E-state index contributed by atoms with van der Waals surface area (Å²) >= 11 is 1.08. The molecule has 3 aromatic carbocycles. The van der Waals surface area contributed by atoms with Crippen LogP contribution in [0.15, 0.2) is 82.8 Å². The van der Waals surface area contributed by atoms with E-state index in [9.17, 15) is 22.4 Å². The summed E-state index contributed by atoms with van der Waals surface area (Å²) in [4.78, 5) is 25.5. The lowest BCUT2D eigenvalue weighted by Crippen LogP contribution is -2.25. The van der Waals surface area contributed by atoms with E-state index >= 15 is 0 Å². The van der Waals surface area contributed by atoms with Crippen LogP contribution >= 0.6 is 11.8 Å². The maximum Gasteiger partial charge on any atom is 0.251 e. The van der Waals surface area contributed by atoms with Gasteiger partial charge in [0.25, 0.3) is 5.91 Å². The molecule has 0 saturated carbocycles. The van der Waals surface area contributed by atoms with Crippen LogP contribution in [0.2, 0.25) is 0 Å². The van der Waals surface area contributed by atoms with Crippen molar-refractivity contribution in [2.24, 2.45) is 0 Å². The van der Waals surface area contributed by atoms with Crippen LogP contribution in [0.3, 0.4) is 0 Å². The smallest absolute Gasteiger partial charge is 0.251 e. The van der Waals surface area contributed by atoms with E-state index in [4.69, 9.17) is 4.74 Å². The van der Waals surface area contributed by atoms with E-state index in [0.29, 0.717) is 22.4 Å². The highest BCUT2D eigenvalue weighted by molar-refractivity contribution is 7.99. The molecule has 0 unspecified atom stereocenters. The minimum Gasteiger partial charge on any atom is -0.495 e. The van der Waals surface area contributed by atoms with Gasteiger partial charge in [-0.25, -0.2) is 17.1 Å². The van der Waals surface area contributed by atoms with Crippen LogP contribution in [0.5, 0.6) is 5.75 Å². The molecular weight excluding hydrogens is 571 g/mol. The summed E-state index contributed by atoms with van der Waals surface area (Å²) in [6.07, 6.45) is 0. The number of hydrogen-bond acceptors (Lipinski definition) is 8. The van der Waals surface area contributed by atoms with Gasteiger partial charge in [0.2, 0.25) is 15.9 Å². The Kier molecular flexibility index (Phi) is 9.37. The first kappa shape index (κ1) is 29.7. The number of hydrogen-bond donors (Lipinski definition) is 2. The van der Waals surface area contributed by atoms with Gasteiger partial charge in [-0.3, -0.25) is 14.2 Å². The van der Waals surface area contributed by atoms with Gasteiger partial charge in [0.05, 0.1) is 35.7 Å². The van der Waals surface area contributed by atoms with Gasteiger partial charge in [0.15, 0.2) is 11.0 Å². The van der Waals surface area contributed by atoms with Gasteiger partial charge in [0.1, 0.15) is 11.6 Å². The lowest BCUT2D eigenvalue weighted by molar-refractivity contribution is -0.113. The number of rotatable bonds is 11. The van der Waals surface area contributed by atoms with Crippen molar-refractivity contribution >= 4 is 39.3 Å². The molecule has 0 atom stereocenters. The molecule has 214 valence electrons. The highest BCUT2D eigenvalue weighted by Crippen LogP contribution is 2.29. The van der Waals surface area contributed by atoms with Gasteiger partial charge in [-0.15, -0.1) is 10.2 Å². The van der Waals surface area contributed by atoms with Crippen LogP contribution in [0.4, 0.5) is 10.1 Å². The highest BCUT2D eigenvalue weighted by Gasteiger charge is 2.21. The largest absolute Gasteiger partial charge is 0.495 e. The molecule has 4 rings (SSSR count). The number of sulfonamides is 1. The summed E-state index contributed by atoms with van der Waals surface area (Å²) in [5.74, 6) is -0.663. The molecule has 0 aliphatic rings. The number of nitrogens with one attached hydrogen (secondary N) is 2. The van der Waals surface area contributed by atoms with Crippen molar-refractivity contribution in [2.75, 3.05) is 32.3 Å². The molecular formula is C27H27FN6O5S2. The van der Waals surface area contributed by atoms with Crippen molar-refractivity contribution in [1.29, 1.82) is 0 Å². The Balaban J connectivity index is 1.53. The summed E-state index contributed by atoms with van der Waals surface area (Å²) in [5.41, 5.74) is 0.907. The summed E-state index contributed by atoms with van der Waals surface area (Å²) in [6, 6.07) is 18.5. The molecule has 1 heterocycles. The van der Waals surface area contributed by atoms with Gasteiger partial charge >= 0.3 is 0 Å². The quantitative estimate of drug-likeness (QED) is 0.251. The minimum absolute atomic E-state index is 0.0381. The van der Waals surface area contributed by atoms with Gasteiger partial charge in [0, 0.05) is 19.7 Å². The third-order valence-electron chi connectivity index (χ3n) is 5.81. The number of methoxy groups -OCH3 is 1. The van der Waals surface area contributed by atoms with E-state index < -0.39 is 27.7 Å².